The number of ether oxygens (including phenoxy) is 1. The van der Waals surface area contributed by atoms with Crippen molar-refractivity contribution >= 4 is 17.8 Å². The summed E-state index contributed by atoms with van der Waals surface area (Å²) in [5.41, 5.74) is 0.653. The average molecular weight is 413 g/mol. The predicted molar refractivity (Wildman–Crippen MR) is 112 cm³/mol. The highest BCUT2D eigenvalue weighted by molar-refractivity contribution is 5.89. The Bertz CT molecular complexity index is 792. The highest BCUT2D eigenvalue weighted by Crippen LogP contribution is 2.36. The predicted octanol–water partition coefficient (Wildman–Crippen LogP) is 3.22. The summed E-state index contributed by atoms with van der Waals surface area (Å²) in [7, 11) is 0. The van der Waals surface area contributed by atoms with Crippen LogP contribution in [0.1, 0.15) is 64.0 Å². The van der Waals surface area contributed by atoms with Crippen molar-refractivity contribution < 1.29 is 19.1 Å². The molecule has 0 bridgehead atoms. The van der Waals surface area contributed by atoms with E-state index in [0.717, 1.165) is 25.7 Å². The Morgan fingerprint density at radius 3 is 2.53 bits per heavy atom. The zero-order chi connectivity index (χ0) is 21.3. The van der Waals surface area contributed by atoms with Gasteiger partial charge in [0.15, 0.2) is 0 Å². The van der Waals surface area contributed by atoms with E-state index in [9.17, 15) is 14.4 Å². The maximum atomic E-state index is 13.0. The fraction of sp³-hybridized carbons (Fsp3) is 0.625. The van der Waals surface area contributed by atoms with Crippen LogP contribution in [0.5, 0.6) is 0 Å². The summed E-state index contributed by atoms with van der Waals surface area (Å²) in [5, 5.41) is 2.93. The fourth-order valence-electron chi connectivity index (χ4n) is 4.82. The van der Waals surface area contributed by atoms with Gasteiger partial charge in [-0.3, -0.25) is 14.4 Å². The zero-order valence-electron chi connectivity index (χ0n) is 17.9. The van der Waals surface area contributed by atoms with Gasteiger partial charge in [0.2, 0.25) is 12.0 Å². The lowest BCUT2D eigenvalue weighted by Gasteiger charge is -2.40. The maximum Gasteiger partial charge on any atom is 0.312 e. The molecule has 1 N–H and O–H groups in total. The zero-order valence-corrected chi connectivity index (χ0v) is 17.9. The van der Waals surface area contributed by atoms with E-state index < -0.39 is 18.0 Å². The third-order valence-corrected chi connectivity index (χ3v) is 7.05. The van der Waals surface area contributed by atoms with Crippen LogP contribution in [0.15, 0.2) is 30.3 Å². The molecule has 3 fully saturated rings. The molecule has 6 heteroatoms. The minimum absolute atomic E-state index is 0.0293. The molecule has 0 unspecified atom stereocenters. The topological polar surface area (TPSA) is 75.7 Å². The van der Waals surface area contributed by atoms with Crippen molar-refractivity contribution in [3.05, 3.63) is 35.9 Å². The molecule has 0 spiro atoms. The van der Waals surface area contributed by atoms with Gasteiger partial charge in [-0.25, -0.2) is 0 Å². The second-order valence-corrected chi connectivity index (χ2v) is 9.29. The number of hydrogen-bond acceptors (Lipinski definition) is 4. The summed E-state index contributed by atoms with van der Waals surface area (Å²) in [4.78, 5) is 40.3. The summed E-state index contributed by atoms with van der Waals surface area (Å²) in [6, 6.07) is 9.48. The van der Waals surface area contributed by atoms with Crippen molar-refractivity contribution in [1.82, 2.24) is 10.2 Å². The number of carbonyl (C=O) groups excluding carboxylic acids is 3. The van der Waals surface area contributed by atoms with Gasteiger partial charge < -0.3 is 15.0 Å². The molecule has 162 valence electrons. The number of amides is 2. The number of likely N-dealkylation sites (tertiary alicyclic amines) is 1. The molecule has 1 saturated heterocycles. The Morgan fingerprint density at radius 2 is 1.83 bits per heavy atom. The minimum Gasteiger partial charge on any atom is -0.447 e. The molecule has 1 aliphatic heterocycles. The van der Waals surface area contributed by atoms with Crippen molar-refractivity contribution in [2.45, 2.75) is 70.6 Å². The first-order chi connectivity index (χ1) is 14.4. The molecular formula is C24H32N2O4. The van der Waals surface area contributed by atoms with Gasteiger partial charge in [-0.2, -0.15) is 0 Å². The van der Waals surface area contributed by atoms with E-state index in [-0.39, 0.29) is 30.3 Å². The van der Waals surface area contributed by atoms with E-state index in [0.29, 0.717) is 23.9 Å². The number of nitrogens with zero attached hydrogens (tertiary/aromatic N) is 1. The van der Waals surface area contributed by atoms with Gasteiger partial charge >= 0.3 is 5.97 Å². The molecule has 2 amide bonds. The van der Waals surface area contributed by atoms with Crippen LogP contribution in [-0.4, -0.2) is 41.3 Å². The Hall–Kier alpha value is -2.37. The SMILES string of the molecule is C[C@@H]1[C@H](C)CCC[C@@H]1N1C[C@H](C(=O)O[C@H](C(=O)NC2CC2)c2ccccc2)CC1=O. The Balaban J connectivity index is 1.43. The fourth-order valence-corrected chi connectivity index (χ4v) is 4.82. The summed E-state index contributed by atoms with van der Waals surface area (Å²) < 4.78 is 5.71. The molecule has 1 aromatic rings. The van der Waals surface area contributed by atoms with Gasteiger partial charge in [0.05, 0.1) is 5.92 Å². The molecule has 30 heavy (non-hydrogen) atoms. The first-order valence-electron chi connectivity index (χ1n) is 11.3. The molecule has 2 saturated carbocycles. The number of nitrogens with one attached hydrogen (secondary N) is 1. The van der Waals surface area contributed by atoms with E-state index in [2.05, 4.69) is 19.2 Å². The van der Waals surface area contributed by atoms with Crippen LogP contribution < -0.4 is 5.32 Å². The van der Waals surface area contributed by atoms with Crippen LogP contribution in [0.2, 0.25) is 0 Å². The highest BCUT2D eigenvalue weighted by Gasteiger charge is 2.43. The third kappa shape index (κ3) is 4.52. The van der Waals surface area contributed by atoms with Gasteiger partial charge in [0, 0.05) is 30.6 Å². The smallest absolute Gasteiger partial charge is 0.312 e. The Labute approximate surface area is 178 Å². The Kier molecular flexibility index (Phi) is 6.11. The quantitative estimate of drug-likeness (QED) is 0.728. The molecule has 0 aromatic heterocycles. The highest BCUT2D eigenvalue weighted by atomic mass is 16.5. The molecule has 4 rings (SSSR count). The van der Waals surface area contributed by atoms with Crippen molar-refractivity contribution in [1.29, 1.82) is 0 Å². The summed E-state index contributed by atoms with van der Waals surface area (Å²) in [6.45, 7) is 4.85. The van der Waals surface area contributed by atoms with Crippen LogP contribution in [-0.2, 0) is 19.1 Å². The number of benzene rings is 1. The second-order valence-electron chi connectivity index (χ2n) is 9.29. The van der Waals surface area contributed by atoms with Gasteiger partial charge in [-0.1, -0.05) is 57.0 Å². The molecule has 5 atom stereocenters. The number of hydrogen-bond donors (Lipinski definition) is 1. The molecule has 0 radical (unpaired) electrons. The third-order valence-electron chi connectivity index (χ3n) is 7.05. The summed E-state index contributed by atoms with van der Waals surface area (Å²) in [6.07, 6.45) is 4.43. The maximum absolute atomic E-state index is 13.0. The molecule has 2 aliphatic carbocycles. The second kappa shape index (κ2) is 8.78. The minimum atomic E-state index is -0.975. The van der Waals surface area contributed by atoms with E-state index in [1.54, 1.807) is 12.1 Å². The van der Waals surface area contributed by atoms with Crippen molar-refractivity contribution in [3.63, 3.8) is 0 Å². The van der Waals surface area contributed by atoms with Gasteiger partial charge in [0.25, 0.3) is 5.91 Å². The van der Waals surface area contributed by atoms with Gasteiger partial charge in [0.1, 0.15) is 0 Å². The number of rotatable bonds is 6. The lowest BCUT2D eigenvalue weighted by atomic mass is 9.77. The molecule has 6 nitrogen and oxygen atoms in total. The summed E-state index contributed by atoms with van der Waals surface area (Å²) >= 11 is 0. The van der Waals surface area contributed by atoms with Gasteiger partial charge in [-0.05, 0) is 31.1 Å². The normalized spacial score (nSPS) is 30.1. The van der Waals surface area contributed by atoms with Crippen molar-refractivity contribution in [3.8, 4) is 0 Å². The standard InChI is InChI=1S/C24H32N2O4/c1-15-7-6-10-20(16(15)2)26-14-18(13-21(26)27)24(29)30-22(17-8-4-3-5-9-17)23(28)25-19-11-12-19/h3-5,8-9,15-16,18-20,22H,6-7,10-14H2,1-2H3,(H,25,28)/t15-,16-,18-,20+,22+/m1/s1. The first-order valence-corrected chi connectivity index (χ1v) is 11.3. The Morgan fingerprint density at radius 1 is 1.10 bits per heavy atom. The van der Waals surface area contributed by atoms with E-state index in [1.165, 1.54) is 6.42 Å². The molecule has 1 heterocycles. The lowest BCUT2D eigenvalue weighted by Crippen LogP contribution is -2.45. The van der Waals surface area contributed by atoms with Crippen LogP contribution in [0.3, 0.4) is 0 Å². The molecule has 3 aliphatic rings. The van der Waals surface area contributed by atoms with E-state index in [4.69, 9.17) is 4.74 Å². The molecule has 1 aromatic carbocycles. The first kappa shape index (κ1) is 20.9. The van der Waals surface area contributed by atoms with E-state index in [1.807, 2.05) is 23.1 Å². The van der Waals surface area contributed by atoms with E-state index >= 15 is 0 Å². The van der Waals surface area contributed by atoms with Crippen LogP contribution in [0.4, 0.5) is 0 Å². The summed E-state index contributed by atoms with van der Waals surface area (Å²) in [5.74, 6) is -0.214. The van der Waals surface area contributed by atoms with Crippen molar-refractivity contribution in [2.24, 2.45) is 17.8 Å². The largest absolute Gasteiger partial charge is 0.447 e. The number of carbonyl (C=O) groups is 3. The average Bonchev–Trinajstić information content (AvgIpc) is 3.47. The van der Waals surface area contributed by atoms with Crippen molar-refractivity contribution in [2.75, 3.05) is 6.54 Å². The number of esters is 1. The van der Waals surface area contributed by atoms with Crippen LogP contribution in [0, 0.1) is 17.8 Å². The molecular weight excluding hydrogens is 380 g/mol. The van der Waals surface area contributed by atoms with Gasteiger partial charge in [-0.15, -0.1) is 0 Å². The lowest BCUT2D eigenvalue weighted by molar-refractivity contribution is -0.160. The van der Waals surface area contributed by atoms with Crippen LogP contribution in [0.25, 0.3) is 0 Å². The monoisotopic (exact) mass is 412 g/mol. The van der Waals surface area contributed by atoms with Crippen LogP contribution >= 0.6 is 0 Å².